The predicted octanol–water partition coefficient (Wildman–Crippen LogP) is 0.759. The van der Waals surface area contributed by atoms with Crippen molar-refractivity contribution in [2.45, 2.75) is 6.42 Å². The summed E-state index contributed by atoms with van der Waals surface area (Å²) in [6, 6.07) is 4.71. The van der Waals surface area contributed by atoms with E-state index >= 15 is 0 Å². The smallest absolute Gasteiger partial charge is 0.157 e. The van der Waals surface area contributed by atoms with Gasteiger partial charge in [0.25, 0.3) is 0 Å². The standard InChI is InChI=1S/C8H11NO2.CH3NS2/c9-4-3-6-1-2-7(10)8(11)5-6;2-1(3)4/h1-2,5,10-11H,3-4,9H2;(H3,2,3,4). The Labute approximate surface area is 99.3 Å². The van der Waals surface area contributed by atoms with Crippen LogP contribution in [0, 0.1) is 0 Å². The maximum Gasteiger partial charge on any atom is 0.157 e. The summed E-state index contributed by atoms with van der Waals surface area (Å²) < 4.78 is 0.194. The van der Waals surface area contributed by atoms with Gasteiger partial charge in [0, 0.05) is 0 Å². The van der Waals surface area contributed by atoms with Gasteiger partial charge in [-0.05, 0) is 30.7 Å². The van der Waals surface area contributed by atoms with Crippen molar-refractivity contribution in [3.63, 3.8) is 0 Å². The van der Waals surface area contributed by atoms with E-state index in [2.05, 4.69) is 24.8 Å². The minimum Gasteiger partial charge on any atom is -0.504 e. The van der Waals surface area contributed by atoms with Crippen molar-refractivity contribution in [1.29, 1.82) is 0 Å². The lowest BCUT2D eigenvalue weighted by Gasteiger charge is -2.00. The van der Waals surface area contributed by atoms with E-state index in [1.165, 1.54) is 12.1 Å². The summed E-state index contributed by atoms with van der Waals surface area (Å²) in [6.07, 6.45) is 0.716. The molecule has 0 fully saturated rings. The molecule has 0 saturated heterocycles. The van der Waals surface area contributed by atoms with E-state index in [1.54, 1.807) is 6.07 Å². The minimum absolute atomic E-state index is 0.0871. The Balaban J connectivity index is 0.000000423. The number of aromatic hydroxyl groups is 2. The first-order chi connectivity index (χ1) is 6.97. The van der Waals surface area contributed by atoms with Crippen LogP contribution in [0.25, 0.3) is 0 Å². The normalized spacial score (nSPS) is 8.93. The molecule has 1 aromatic rings. The Morgan fingerprint density at radius 1 is 1.33 bits per heavy atom. The Hall–Kier alpha value is -0.980. The molecule has 0 aliphatic rings. The molecule has 0 saturated carbocycles. The highest BCUT2D eigenvalue weighted by atomic mass is 32.1. The van der Waals surface area contributed by atoms with E-state index in [4.69, 9.17) is 21.7 Å². The second kappa shape index (κ2) is 7.33. The Morgan fingerprint density at radius 3 is 2.27 bits per heavy atom. The van der Waals surface area contributed by atoms with Crippen LogP contribution >= 0.6 is 24.8 Å². The van der Waals surface area contributed by atoms with Gasteiger partial charge in [0.1, 0.15) is 4.32 Å². The van der Waals surface area contributed by atoms with Crippen molar-refractivity contribution < 1.29 is 10.2 Å². The number of thiocarbonyl (C=S) groups is 1. The maximum atomic E-state index is 9.04. The zero-order valence-corrected chi connectivity index (χ0v) is 9.76. The molecular weight excluding hydrogens is 232 g/mol. The van der Waals surface area contributed by atoms with Crippen molar-refractivity contribution in [3.05, 3.63) is 23.8 Å². The third-order valence-corrected chi connectivity index (χ3v) is 1.47. The van der Waals surface area contributed by atoms with Gasteiger partial charge in [0.05, 0.1) is 0 Å². The largest absolute Gasteiger partial charge is 0.504 e. The van der Waals surface area contributed by atoms with Crippen LogP contribution in [0.15, 0.2) is 18.2 Å². The molecule has 1 aromatic carbocycles. The molecule has 1 rings (SSSR count). The molecule has 0 unspecified atom stereocenters. The average molecular weight is 246 g/mol. The van der Waals surface area contributed by atoms with E-state index in [0.717, 1.165) is 5.56 Å². The minimum atomic E-state index is -0.0919. The molecule has 0 amide bonds. The second-order valence-electron chi connectivity index (χ2n) is 2.70. The fraction of sp³-hybridized carbons (Fsp3) is 0.222. The van der Waals surface area contributed by atoms with Crippen LogP contribution in [0.1, 0.15) is 5.56 Å². The maximum absolute atomic E-state index is 9.04. The monoisotopic (exact) mass is 246 g/mol. The van der Waals surface area contributed by atoms with Crippen LogP contribution in [0.3, 0.4) is 0 Å². The topological polar surface area (TPSA) is 92.5 Å². The molecule has 4 nitrogen and oxygen atoms in total. The fourth-order valence-electron chi connectivity index (χ4n) is 0.891. The van der Waals surface area contributed by atoms with E-state index in [9.17, 15) is 0 Å². The van der Waals surface area contributed by atoms with Crippen LogP contribution < -0.4 is 11.5 Å². The molecule has 6 heteroatoms. The summed E-state index contributed by atoms with van der Waals surface area (Å²) in [5.74, 6) is -0.179. The summed E-state index contributed by atoms with van der Waals surface area (Å²) in [5, 5.41) is 18.0. The highest BCUT2D eigenvalue weighted by molar-refractivity contribution is 8.10. The number of benzene rings is 1. The van der Waals surface area contributed by atoms with Crippen molar-refractivity contribution in [2.24, 2.45) is 11.5 Å². The molecule has 15 heavy (non-hydrogen) atoms. The van der Waals surface area contributed by atoms with Gasteiger partial charge in [0.2, 0.25) is 0 Å². The highest BCUT2D eigenvalue weighted by Crippen LogP contribution is 2.24. The fourth-order valence-corrected chi connectivity index (χ4v) is 0.891. The first kappa shape index (κ1) is 14.0. The molecule has 0 aliphatic heterocycles. The van der Waals surface area contributed by atoms with Gasteiger partial charge in [-0.3, -0.25) is 0 Å². The SMILES string of the molecule is NC(=S)S.NCCc1ccc(O)c(O)c1. The lowest BCUT2D eigenvalue weighted by molar-refractivity contribution is 0.403. The molecule has 0 aliphatic carbocycles. The Bertz CT molecular complexity index is 328. The van der Waals surface area contributed by atoms with E-state index in [0.29, 0.717) is 13.0 Å². The molecular formula is C9H14N2O2S2. The first-order valence-electron chi connectivity index (χ1n) is 4.16. The highest BCUT2D eigenvalue weighted by Gasteiger charge is 1.98. The van der Waals surface area contributed by atoms with Gasteiger partial charge < -0.3 is 21.7 Å². The molecule has 0 atom stereocenters. The number of nitrogens with two attached hydrogens (primary N) is 2. The molecule has 0 radical (unpaired) electrons. The molecule has 0 heterocycles. The zero-order valence-electron chi connectivity index (χ0n) is 8.05. The Kier molecular flexibility index (Phi) is 6.85. The van der Waals surface area contributed by atoms with Gasteiger partial charge >= 0.3 is 0 Å². The average Bonchev–Trinajstić information content (AvgIpc) is 2.11. The van der Waals surface area contributed by atoms with Gasteiger partial charge in [-0.1, -0.05) is 18.3 Å². The molecule has 0 bridgehead atoms. The summed E-state index contributed by atoms with van der Waals surface area (Å²) in [5.41, 5.74) is 10.9. The number of rotatable bonds is 2. The van der Waals surface area contributed by atoms with Crippen molar-refractivity contribution in [2.75, 3.05) is 6.54 Å². The predicted molar refractivity (Wildman–Crippen MR) is 68.3 cm³/mol. The first-order valence-corrected chi connectivity index (χ1v) is 5.02. The number of phenolic OH excluding ortho intramolecular Hbond substituents is 2. The van der Waals surface area contributed by atoms with Gasteiger partial charge in [-0.25, -0.2) is 0 Å². The van der Waals surface area contributed by atoms with Crippen molar-refractivity contribution >= 4 is 29.2 Å². The summed E-state index contributed by atoms with van der Waals surface area (Å²) in [7, 11) is 0. The Morgan fingerprint density at radius 2 is 1.87 bits per heavy atom. The van der Waals surface area contributed by atoms with Crippen LogP contribution in [-0.4, -0.2) is 21.1 Å². The van der Waals surface area contributed by atoms with Crippen LogP contribution in [-0.2, 0) is 6.42 Å². The van der Waals surface area contributed by atoms with Crippen molar-refractivity contribution in [3.8, 4) is 11.5 Å². The summed E-state index contributed by atoms with van der Waals surface area (Å²) >= 11 is 7.65. The third-order valence-electron chi connectivity index (χ3n) is 1.47. The number of thiol groups is 1. The zero-order chi connectivity index (χ0) is 11.8. The molecule has 84 valence electrons. The number of hydrogen-bond donors (Lipinski definition) is 5. The lowest BCUT2D eigenvalue weighted by atomic mass is 10.1. The van der Waals surface area contributed by atoms with E-state index < -0.39 is 0 Å². The van der Waals surface area contributed by atoms with Crippen LogP contribution in [0.2, 0.25) is 0 Å². The van der Waals surface area contributed by atoms with Crippen molar-refractivity contribution in [1.82, 2.24) is 0 Å². The summed E-state index contributed by atoms with van der Waals surface area (Å²) in [6.45, 7) is 0.546. The second-order valence-corrected chi connectivity index (χ2v) is 3.92. The van der Waals surface area contributed by atoms with Gasteiger partial charge in [-0.2, -0.15) is 0 Å². The molecule has 0 aromatic heterocycles. The van der Waals surface area contributed by atoms with Gasteiger partial charge in [0.15, 0.2) is 11.5 Å². The van der Waals surface area contributed by atoms with E-state index in [1.807, 2.05) is 0 Å². The van der Waals surface area contributed by atoms with Gasteiger partial charge in [-0.15, -0.1) is 12.6 Å². The number of phenols is 2. The van der Waals surface area contributed by atoms with Crippen LogP contribution in [0.4, 0.5) is 0 Å². The summed E-state index contributed by atoms with van der Waals surface area (Å²) in [4.78, 5) is 0. The lowest BCUT2D eigenvalue weighted by Crippen LogP contribution is -2.02. The third kappa shape index (κ3) is 7.01. The van der Waals surface area contributed by atoms with E-state index in [-0.39, 0.29) is 15.8 Å². The number of hydrogen-bond acceptors (Lipinski definition) is 4. The van der Waals surface area contributed by atoms with Crippen LogP contribution in [0.5, 0.6) is 11.5 Å². The molecule has 0 spiro atoms. The quantitative estimate of drug-likeness (QED) is 0.302. The molecule has 6 N–H and O–H groups in total.